The number of hydrogen-bond donors (Lipinski definition) is 1. The highest BCUT2D eigenvalue weighted by Gasteiger charge is 2.22. The van der Waals surface area contributed by atoms with E-state index >= 15 is 0 Å². The van der Waals surface area contributed by atoms with Gasteiger partial charge in [0, 0.05) is 28.9 Å². The SMILES string of the molecule is CCC1CCCN(C(=O)Nc2ccc(SC(C)CC)cc2C)C1. The molecule has 1 N–H and O–H groups in total. The summed E-state index contributed by atoms with van der Waals surface area (Å²) in [5, 5.41) is 3.72. The van der Waals surface area contributed by atoms with Gasteiger partial charge in [-0.15, -0.1) is 11.8 Å². The first kappa shape index (κ1) is 18.2. The molecule has 1 saturated heterocycles. The third-order valence-electron chi connectivity index (χ3n) is 4.74. The topological polar surface area (TPSA) is 32.3 Å². The van der Waals surface area contributed by atoms with E-state index in [9.17, 15) is 4.79 Å². The molecule has 1 fully saturated rings. The van der Waals surface area contributed by atoms with Crippen LogP contribution in [0, 0.1) is 12.8 Å². The Hall–Kier alpha value is -1.16. The van der Waals surface area contributed by atoms with Crippen molar-refractivity contribution in [2.24, 2.45) is 5.92 Å². The van der Waals surface area contributed by atoms with E-state index in [0.717, 1.165) is 43.6 Å². The Morgan fingerprint density at radius 2 is 2.22 bits per heavy atom. The molecule has 0 radical (unpaired) electrons. The quantitative estimate of drug-likeness (QED) is 0.717. The van der Waals surface area contributed by atoms with Crippen molar-refractivity contribution >= 4 is 23.5 Å². The number of carbonyl (C=O) groups excluding carboxylic acids is 1. The van der Waals surface area contributed by atoms with E-state index in [4.69, 9.17) is 0 Å². The van der Waals surface area contributed by atoms with E-state index in [1.807, 2.05) is 22.7 Å². The van der Waals surface area contributed by atoms with Crippen LogP contribution >= 0.6 is 11.8 Å². The first-order valence-corrected chi connectivity index (χ1v) is 9.74. The smallest absolute Gasteiger partial charge is 0.321 e. The molecular weight excluding hydrogens is 304 g/mol. The number of thioether (sulfide) groups is 1. The lowest BCUT2D eigenvalue weighted by molar-refractivity contribution is 0.176. The number of aryl methyl sites for hydroxylation is 1. The molecule has 1 aliphatic heterocycles. The maximum atomic E-state index is 12.5. The summed E-state index contributed by atoms with van der Waals surface area (Å²) in [5.41, 5.74) is 2.07. The molecule has 0 saturated carbocycles. The first-order chi connectivity index (χ1) is 11.0. The number of benzene rings is 1. The van der Waals surface area contributed by atoms with Gasteiger partial charge in [0.2, 0.25) is 0 Å². The number of hydrogen-bond acceptors (Lipinski definition) is 2. The second-order valence-electron chi connectivity index (χ2n) is 6.61. The maximum absolute atomic E-state index is 12.5. The summed E-state index contributed by atoms with van der Waals surface area (Å²) in [7, 11) is 0. The average molecular weight is 335 g/mol. The van der Waals surface area contributed by atoms with Crippen molar-refractivity contribution in [2.45, 2.75) is 63.5 Å². The number of likely N-dealkylation sites (tertiary alicyclic amines) is 1. The molecule has 4 heteroatoms. The van der Waals surface area contributed by atoms with Crippen LogP contribution in [0.5, 0.6) is 0 Å². The molecule has 0 aliphatic carbocycles. The fraction of sp³-hybridized carbons (Fsp3) is 0.632. The van der Waals surface area contributed by atoms with Crippen LogP contribution in [-0.4, -0.2) is 29.3 Å². The number of rotatable bonds is 5. The van der Waals surface area contributed by atoms with Crippen LogP contribution in [0.4, 0.5) is 10.5 Å². The summed E-state index contributed by atoms with van der Waals surface area (Å²) in [4.78, 5) is 15.7. The van der Waals surface area contributed by atoms with Crippen molar-refractivity contribution in [1.29, 1.82) is 0 Å². The monoisotopic (exact) mass is 334 g/mol. The average Bonchev–Trinajstić information content (AvgIpc) is 2.57. The lowest BCUT2D eigenvalue weighted by Crippen LogP contribution is -2.42. The fourth-order valence-electron chi connectivity index (χ4n) is 2.94. The second-order valence-corrected chi connectivity index (χ2v) is 8.12. The molecule has 1 heterocycles. The Morgan fingerprint density at radius 3 is 2.87 bits per heavy atom. The van der Waals surface area contributed by atoms with Gasteiger partial charge in [0.1, 0.15) is 0 Å². The van der Waals surface area contributed by atoms with Crippen LogP contribution in [0.2, 0.25) is 0 Å². The van der Waals surface area contributed by atoms with Crippen LogP contribution in [-0.2, 0) is 0 Å². The molecule has 1 aromatic rings. The van der Waals surface area contributed by atoms with Gasteiger partial charge in [-0.2, -0.15) is 0 Å². The van der Waals surface area contributed by atoms with Crippen molar-refractivity contribution in [2.75, 3.05) is 18.4 Å². The van der Waals surface area contributed by atoms with Gasteiger partial charge < -0.3 is 10.2 Å². The summed E-state index contributed by atoms with van der Waals surface area (Å²) < 4.78 is 0. The van der Waals surface area contributed by atoms with E-state index < -0.39 is 0 Å². The lowest BCUT2D eigenvalue weighted by atomic mass is 9.96. The molecule has 1 aromatic carbocycles. The van der Waals surface area contributed by atoms with Gasteiger partial charge in [-0.1, -0.05) is 27.2 Å². The van der Waals surface area contributed by atoms with Crippen molar-refractivity contribution < 1.29 is 4.79 Å². The third kappa shape index (κ3) is 5.17. The molecule has 0 aromatic heterocycles. The molecular formula is C19H30N2OS. The zero-order chi connectivity index (χ0) is 16.8. The minimum absolute atomic E-state index is 0.0496. The Kier molecular flexibility index (Phi) is 6.82. The molecule has 3 nitrogen and oxygen atoms in total. The summed E-state index contributed by atoms with van der Waals surface area (Å²) in [6.07, 6.45) is 4.69. The van der Waals surface area contributed by atoms with Crippen LogP contribution < -0.4 is 5.32 Å². The van der Waals surface area contributed by atoms with Gasteiger partial charge in [-0.25, -0.2) is 4.79 Å². The number of amides is 2. The maximum Gasteiger partial charge on any atom is 0.321 e. The van der Waals surface area contributed by atoms with E-state index in [0.29, 0.717) is 11.2 Å². The van der Waals surface area contributed by atoms with Crippen molar-refractivity contribution in [3.05, 3.63) is 23.8 Å². The third-order valence-corrected chi connectivity index (χ3v) is 6.00. The fourth-order valence-corrected chi connectivity index (χ4v) is 3.97. The highest BCUT2D eigenvalue weighted by atomic mass is 32.2. The highest BCUT2D eigenvalue weighted by molar-refractivity contribution is 7.99. The number of carbonyl (C=O) groups is 1. The normalized spacial score (nSPS) is 19.5. The van der Waals surface area contributed by atoms with E-state index in [1.165, 1.54) is 11.3 Å². The number of nitrogens with zero attached hydrogens (tertiary/aromatic N) is 1. The summed E-state index contributed by atoms with van der Waals surface area (Å²) in [6, 6.07) is 6.38. The number of anilines is 1. The van der Waals surface area contributed by atoms with Gasteiger partial charge in [0.05, 0.1) is 0 Å². The Bertz CT molecular complexity index is 532. The second kappa shape index (κ2) is 8.62. The van der Waals surface area contributed by atoms with E-state index in [2.05, 4.69) is 45.1 Å². The van der Waals surface area contributed by atoms with Crippen LogP contribution in [0.1, 0.15) is 52.0 Å². The Labute approximate surface area is 145 Å². The summed E-state index contributed by atoms with van der Waals surface area (Å²) in [6.45, 7) is 10.5. The van der Waals surface area contributed by atoms with Crippen LogP contribution in [0.25, 0.3) is 0 Å². The predicted octanol–water partition coefficient (Wildman–Crippen LogP) is 5.54. The van der Waals surface area contributed by atoms with Gasteiger partial charge in [0.15, 0.2) is 0 Å². The molecule has 2 amide bonds. The molecule has 0 bridgehead atoms. The zero-order valence-corrected chi connectivity index (χ0v) is 15.7. The van der Waals surface area contributed by atoms with Crippen molar-refractivity contribution in [1.82, 2.24) is 4.90 Å². The molecule has 0 spiro atoms. The highest BCUT2D eigenvalue weighted by Crippen LogP contribution is 2.29. The zero-order valence-electron chi connectivity index (χ0n) is 14.9. The lowest BCUT2D eigenvalue weighted by Gasteiger charge is -2.32. The molecule has 2 rings (SSSR count). The summed E-state index contributed by atoms with van der Waals surface area (Å²) >= 11 is 1.89. The first-order valence-electron chi connectivity index (χ1n) is 8.86. The van der Waals surface area contributed by atoms with Crippen LogP contribution in [0.15, 0.2) is 23.1 Å². The van der Waals surface area contributed by atoms with Gasteiger partial charge in [0.25, 0.3) is 0 Å². The van der Waals surface area contributed by atoms with Crippen molar-refractivity contribution in [3.8, 4) is 0 Å². The van der Waals surface area contributed by atoms with E-state index in [-0.39, 0.29) is 6.03 Å². The minimum Gasteiger partial charge on any atom is -0.324 e. The largest absolute Gasteiger partial charge is 0.324 e. The van der Waals surface area contributed by atoms with Crippen molar-refractivity contribution in [3.63, 3.8) is 0 Å². The van der Waals surface area contributed by atoms with Crippen LogP contribution in [0.3, 0.4) is 0 Å². The predicted molar refractivity (Wildman–Crippen MR) is 100 cm³/mol. The standard InChI is InChI=1S/C19H30N2OS/c1-5-15(4)23-17-9-10-18(14(3)12-17)20-19(22)21-11-7-8-16(6-2)13-21/h9-10,12,15-16H,5-8,11,13H2,1-4H3,(H,20,22). The minimum atomic E-state index is 0.0496. The Morgan fingerprint density at radius 1 is 1.43 bits per heavy atom. The number of piperidine rings is 1. The van der Waals surface area contributed by atoms with Gasteiger partial charge in [-0.3, -0.25) is 0 Å². The summed E-state index contributed by atoms with van der Waals surface area (Å²) in [5.74, 6) is 0.657. The number of urea groups is 1. The van der Waals surface area contributed by atoms with Gasteiger partial charge >= 0.3 is 6.03 Å². The Balaban J connectivity index is 1.98. The molecule has 2 unspecified atom stereocenters. The number of nitrogens with one attached hydrogen (secondary N) is 1. The molecule has 2 atom stereocenters. The molecule has 128 valence electrons. The molecule has 1 aliphatic rings. The van der Waals surface area contributed by atoms with E-state index in [1.54, 1.807) is 0 Å². The molecule has 23 heavy (non-hydrogen) atoms. The van der Waals surface area contributed by atoms with Gasteiger partial charge in [-0.05, 0) is 55.9 Å².